The summed E-state index contributed by atoms with van der Waals surface area (Å²) in [5.41, 5.74) is 2.24. The number of hydrogen-bond acceptors (Lipinski definition) is 7. The van der Waals surface area contributed by atoms with Gasteiger partial charge in [0.25, 0.3) is 5.91 Å². The molecule has 10 nitrogen and oxygen atoms in total. The summed E-state index contributed by atoms with van der Waals surface area (Å²) in [7, 11) is 0. The number of carbonyl (C=O) groups excluding carboxylic acids is 4. The zero-order valence-corrected chi connectivity index (χ0v) is 29.4. The molecule has 2 N–H and O–H groups in total. The van der Waals surface area contributed by atoms with Gasteiger partial charge in [-0.15, -0.1) is 13.2 Å². The molecule has 50 heavy (non-hydrogen) atoms. The maximum Gasteiger partial charge on any atom is 0.306 e. The molecular formula is C40H51N3O7. The van der Waals surface area contributed by atoms with Gasteiger partial charge in [0.15, 0.2) is 0 Å². The average Bonchev–Trinajstić information content (AvgIpc) is 3.76. The molecule has 3 heterocycles. The van der Waals surface area contributed by atoms with Gasteiger partial charge in [-0.05, 0) is 62.6 Å². The number of ether oxygens (including phenoxy) is 2. The van der Waals surface area contributed by atoms with Gasteiger partial charge in [-0.25, -0.2) is 0 Å². The monoisotopic (exact) mass is 685 g/mol. The van der Waals surface area contributed by atoms with Crippen LogP contribution in [0.3, 0.4) is 0 Å². The number of likely N-dealkylation sites (tertiary alicyclic amines) is 1. The number of esters is 1. The van der Waals surface area contributed by atoms with Crippen molar-refractivity contribution in [3.05, 3.63) is 90.5 Å². The molecule has 3 aliphatic heterocycles. The molecule has 0 aliphatic carbocycles. The van der Waals surface area contributed by atoms with Crippen LogP contribution in [0.1, 0.15) is 74.1 Å². The fraction of sp³-hybridized carbons (Fsp3) is 0.500. The summed E-state index contributed by atoms with van der Waals surface area (Å²) < 4.78 is 12.3. The lowest BCUT2D eigenvalue weighted by atomic mass is 9.70. The van der Waals surface area contributed by atoms with E-state index >= 15 is 0 Å². The number of unbranched alkanes of at least 4 members (excludes halogenated alkanes) is 3. The molecular weight excluding hydrogens is 634 g/mol. The fourth-order valence-corrected chi connectivity index (χ4v) is 8.16. The van der Waals surface area contributed by atoms with E-state index in [9.17, 15) is 24.3 Å². The van der Waals surface area contributed by atoms with Crippen molar-refractivity contribution < 1.29 is 33.8 Å². The van der Waals surface area contributed by atoms with Crippen LogP contribution in [0, 0.1) is 25.7 Å². The molecule has 0 unspecified atom stereocenters. The van der Waals surface area contributed by atoms with Crippen LogP contribution >= 0.6 is 0 Å². The van der Waals surface area contributed by atoms with E-state index in [1.165, 1.54) is 0 Å². The lowest BCUT2D eigenvalue weighted by Gasteiger charge is -2.37. The third-order valence-electron chi connectivity index (χ3n) is 10.4. The molecule has 2 bridgehead atoms. The van der Waals surface area contributed by atoms with E-state index in [4.69, 9.17) is 9.47 Å². The van der Waals surface area contributed by atoms with E-state index < -0.39 is 41.6 Å². The number of fused-ring (bicyclic) bond motifs is 1. The Morgan fingerprint density at radius 1 is 1.06 bits per heavy atom. The van der Waals surface area contributed by atoms with E-state index in [1.54, 1.807) is 22.0 Å². The molecule has 3 aliphatic rings. The number of aliphatic hydroxyl groups is 1. The SMILES string of the molecule is C=CCCC(=O)OC[C@H](NC(=O)[C@@H]1[C@@H]2CC[C@]3(O2)[C@H](C(=O)N(CC=C)c2c(C)cccc2C)N(CCCCCCO)C(=O)[C@@H]13)c1ccccc1. The maximum absolute atomic E-state index is 14.9. The number of nitrogens with zero attached hydrogens (tertiary/aromatic N) is 2. The molecule has 0 aromatic heterocycles. The third-order valence-corrected chi connectivity index (χ3v) is 10.4. The lowest BCUT2D eigenvalue weighted by Crippen LogP contribution is -2.57. The van der Waals surface area contributed by atoms with Gasteiger partial charge < -0.3 is 29.7 Å². The smallest absolute Gasteiger partial charge is 0.306 e. The van der Waals surface area contributed by atoms with Gasteiger partial charge in [-0.1, -0.05) is 73.5 Å². The number of hydrogen-bond donors (Lipinski definition) is 2. The van der Waals surface area contributed by atoms with Gasteiger partial charge in [-0.2, -0.15) is 0 Å². The van der Waals surface area contributed by atoms with Crippen molar-refractivity contribution >= 4 is 29.4 Å². The minimum absolute atomic E-state index is 0.0684. The number of carbonyl (C=O) groups is 4. The normalized spacial score (nSPS) is 24.1. The zero-order valence-electron chi connectivity index (χ0n) is 29.4. The highest BCUT2D eigenvalue weighted by molar-refractivity contribution is 6.05. The number of amides is 3. The van der Waals surface area contributed by atoms with Crippen molar-refractivity contribution in [3.63, 3.8) is 0 Å². The quantitative estimate of drug-likeness (QED) is 0.127. The topological polar surface area (TPSA) is 125 Å². The Labute approximate surface area is 295 Å². The molecule has 1 spiro atoms. The van der Waals surface area contributed by atoms with Crippen LogP contribution in [-0.2, 0) is 28.7 Å². The molecule has 10 heteroatoms. The first kappa shape index (κ1) is 37.0. The third kappa shape index (κ3) is 7.42. The van der Waals surface area contributed by atoms with Gasteiger partial charge in [-0.3, -0.25) is 19.2 Å². The van der Waals surface area contributed by atoms with Gasteiger partial charge in [0.05, 0.1) is 24.0 Å². The van der Waals surface area contributed by atoms with Crippen LogP contribution in [0.25, 0.3) is 0 Å². The van der Waals surface area contributed by atoms with E-state index in [0.717, 1.165) is 35.2 Å². The number of benzene rings is 2. The van der Waals surface area contributed by atoms with E-state index in [2.05, 4.69) is 18.5 Å². The number of anilines is 1. The Morgan fingerprint density at radius 3 is 2.46 bits per heavy atom. The van der Waals surface area contributed by atoms with Crippen molar-refractivity contribution in [1.29, 1.82) is 0 Å². The second kappa shape index (κ2) is 16.6. The number of allylic oxidation sites excluding steroid dienone is 1. The van der Waals surface area contributed by atoms with Crippen LogP contribution in [0.15, 0.2) is 73.8 Å². The van der Waals surface area contributed by atoms with Crippen molar-refractivity contribution in [1.82, 2.24) is 10.2 Å². The van der Waals surface area contributed by atoms with Gasteiger partial charge >= 0.3 is 5.97 Å². The summed E-state index contributed by atoms with van der Waals surface area (Å²) in [4.78, 5) is 59.6. The maximum atomic E-state index is 14.9. The first-order valence-corrected chi connectivity index (χ1v) is 17.9. The molecule has 2 aromatic carbocycles. The predicted octanol–water partition coefficient (Wildman–Crippen LogP) is 5.12. The Morgan fingerprint density at radius 2 is 1.78 bits per heavy atom. The molecule has 3 fully saturated rings. The molecule has 6 atom stereocenters. The Kier molecular flexibility index (Phi) is 12.3. The Hall–Kier alpha value is -4.28. The van der Waals surface area contributed by atoms with Crippen LogP contribution < -0.4 is 10.2 Å². The molecule has 0 radical (unpaired) electrons. The lowest BCUT2D eigenvalue weighted by molar-refractivity contribution is -0.146. The van der Waals surface area contributed by atoms with Crippen molar-refractivity contribution in [2.24, 2.45) is 11.8 Å². The summed E-state index contributed by atoms with van der Waals surface area (Å²) in [6.07, 6.45) is 7.40. The summed E-state index contributed by atoms with van der Waals surface area (Å²) in [6, 6.07) is 13.6. The zero-order chi connectivity index (χ0) is 35.8. The molecule has 3 saturated heterocycles. The summed E-state index contributed by atoms with van der Waals surface area (Å²) >= 11 is 0. The van der Waals surface area contributed by atoms with Crippen molar-refractivity contribution in [3.8, 4) is 0 Å². The highest BCUT2D eigenvalue weighted by atomic mass is 16.5. The number of aryl methyl sites for hydroxylation is 2. The Balaban J connectivity index is 1.46. The summed E-state index contributed by atoms with van der Waals surface area (Å²) in [5, 5.41) is 12.4. The highest BCUT2D eigenvalue weighted by Gasteiger charge is 2.74. The summed E-state index contributed by atoms with van der Waals surface area (Å²) in [5.74, 6) is -2.91. The van der Waals surface area contributed by atoms with E-state index in [-0.39, 0.29) is 43.9 Å². The minimum Gasteiger partial charge on any atom is -0.463 e. The van der Waals surface area contributed by atoms with E-state index in [1.807, 2.05) is 62.4 Å². The standard InChI is InChI=1S/C40H51N3O7/c1-5-7-20-32(45)49-26-30(29-18-11-10-12-19-29)41-37(46)33-31-21-22-40(50-31)34(33)38(47)43(24-13-8-9-14-25-44)36(40)39(48)42(23-6-2)35-27(3)16-15-17-28(35)4/h5-6,10-12,15-19,30-31,33-34,36,44H,1-2,7-9,13-14,20-26H2,3-4H3,(H,41,46)/t30-,31-,33+,34+,36-,40+/m0/s1. The minimum atomic E-state index is -1.17. The predicted molar refractivity (Wildman–Crippen MR) is 191 cm³/mol. The highest BCUT2D eigenvalue weighted by Crippen LogP contribution is 2.59. The molecule has 5 rings (SSSR count). The van der Waals surface area contributed by atoms with Crippen LogP contribution in [0.2, 0.25) is 0 Å². The van der Waals surface area contributed by atoms with E-state index in [0.29, 0.717) is 38.6 Å². The summed E-state index contributed by atoms with van der Waals surface area (Å²) in [6.45, 7) is 12.1. The second-order valence-electron chi connectivity index (χ2n) is 13.7. The first-order valence-electron chi connectivity index (χ1n) is 17.9. The second-order valence-corrected chi connectivity index (χ2v) is 13.7. The fourth-order valence-electron chi connectivity index (χ4n) is 8.16. The molecule has 268 valence electrons. The van der Waals surface area contributed by atoms with Crippen molar-refractivity contribution in [2.75, 3.05) is 31.2 Å². The number of para-hydroxylation sites is 1. The van der Waals surface area contributed by atoms with Gasteiger partial charge in [0.2, 0.25) is 11.8 Å². The first-order chi connectivity index (χ1) is 24.2. The van der Waals surface area contributed by atoms with Gasteiger partial charge in [0, 0.05) is 31.8 Å². The van der Waals surface area contributed by atoms with Crippen LogP contribution in [0.4, 0.5) is 5.69 Å². The Bertz CT molecular complexity index is 1540. The molecule has 0 saturated carbocycles. The largest absolute Gasteiger partial charge is 0.463 e. The molecule has 2 aromatic rings. The van der Waals surface area contributed by atoms with Crippen LogP contribution in [0.5, 0.6) is 0 Å². The molecule has 3 amide bonds. The number of aliphatic hydroxyl groups excluding tert-OH is 1. The average molecular weight is 686 g/mol. The van der Waals surface area contributed by atoms with Crippen molar-refractivity contribution in [2.45, 2.75) is 89.0 Å². The van der Waals surface area contributed by atoms with Gasteiger partial charge in [0.1, 0.15) is 18.2 Å². The number of nitrogens with one attached hydrogen (secondary N) is 1. The van der Waals surface area contributed by atoms with Crippen LogP contribution in [-0.4, -0.2) is 77.7 Å². The number of rotatable bonds is 18.